The van der Waals surface area contributed by atoms with Crippen LogP contribution in [0.2, 0.25) is 0 Å². The van der Waals surface area contributed by atoms with Crippen molar-refractivity contribution in [2.24, 2.45) is 0 Å². The Morgan fingerprint density at radius 3 is 2.56 bits per heavy atom. The van der Waals surface area contributed by atoms with Gasteiger partial charge in [0.25, 0.3) is 11.5 Å². The van der Waals surface area contributed by atoms with Crippen molar-refractivity contribution in [3.63, 3.8) is 0 Å². The van der Waals surface area contributed by atoms with E-state index >= 15 is 0 Å². The van der Waals surface area contributed by atoms with Crippen molar-refractivity contribution >= 4 is 33.4 Å². The highest BCUT2D eigenvalue weighted by molar-refractivity contribution is 7.97. The van der Waals surface area contributed by atoms with Crippen LogP contribution in [0, 0.1) is 0 Å². The predicted molar refractivity (Wildman–Crippen MR) is 104 cm³/mol. The fourth-order valence-corrected chi connectivity index (χ4v) is 4.74. The molecule has 0 unspecified atom stereocenters. The number of nitrogens with one attached hydrogen (secondary N) is 2. The zero-order valence-corrected chi connectivity index (χ0v) is 16.4. The van der Waals surface area contributed by atoms with Crippen molar-refractivity contribution in [1.82, 2.24) is 14.3 Å². The Morgan fingerprint density at radius 2 is 1.93 bits per heavy atom. The number of nitrogens with zero attached hydrogens (tertiary/aromatic N) is 2. The van der Waals surface area contributed by atoms with Gasteiger partial charge in [0.15, 0.2) is 0 Å². The van der Waals surface area contributed by atoms with E-state index < -0.39 is 21.5 Å². The molecule has 0 aliphatic carbocycles. The molecular formula is C17H20N4O4S2. The number of benzene rings is 1. The molecule has 1 saturated heterocycles. The molecule has 1 amide bonds. The van der Waals surface area contributed by atoms with Crippen LogP contribution in [0.1, 0.15) is 29.2 Å². The maximum atomic E-state index is 12.5. The van der Waals surface area contributed by atoms with Crippen LogP contribution in [0.25, 0.3) is 0 Å². The number of aromatic nitrogens is 2. The summed E-state index contributed by atoms with van der Waals surface area (Å²) in [6.07, 6.45) is 3.61. The monoisotopic (exact) mass is 408 g/mol. The molecule has 10 heteroatoms. The van der Waals surface area contributed by atoms with Gasteiger partial charge < -0.3 is 10.3 Å². The minimum absolute atomic E-state index is 0.0107. The van der Waals surface area contributed by atoms with Gasteiger partial charge >= 0.3 is 0 Å². The van der Waals surface area contributed by atoms with E-state index in [0.717, 1.165) is 18.9 Å². The second-order valence-corrected chi connectivity index (χ2v) is 8.90. The lowest BCUT2D eigenvalue weighted by atomic mass is 10.3. The Morgan fingerprint density at radius 1 is 1.26 bits per heavy atom. The maximum absolute atomic E-state index is 12.5. The first-order valence-corrected chi connectivity index (χ1v) is 11.2. The van der Waals surface area contributed by atoms with E-state index in [2.05, 4.69) is 15.3 Å². The molecule has 2 N–H and O–H groups in total. The lowest BCUT2D eigenvalue weighted by Gasteiger charge is -2.15. The number of hydrogen-bond acceptors (Lipinski definition) is 6. The Labute approximate surface area is 161 Å². The number of aromatic amines is 1. The normalized spacial score (nSPS) is 15.0. The first-order valence-electron chi connectivity index (χ1n) is 8.41. The highest BCUT2D eigenvalue weighted by Crippen LogP contribution is 2.22. The lowest BCUT2D eigenvalue weighted by molar-refractivity contribution is 0.102. The summed E-state index contributed by atoms with van der Waals surface area (Å²) < 4.78 is 26.5. The smallest absolute Gasteiger partial charge is 0.274 e. The summed E-state index contributed by atoms with van der Waals surface area (Å²) in [6, 6.07) is 7.11. The van der Waals surface area contributed by atoms with Crippen LogP contribution in [0.4, 0.5) is 5.69 Å². The Hall–Kier alpha value is -2.17. The van der Waals surface area contributed by atoms with Crippen LogP contribution in [-0.2, 0) is 15.8 Å². The number of hydrogen-bond donors (Lipinski definition) is 2. The molecule has 2 aromatic rings. The highest BCUT2D eigenvalue weighted by Gasteiger charge is 2.27. The van der Waals surface area contributed by atoms with Crippen LogP contribution in [0.3, 0.4) is 0 Å². The topological polar surface area (TPSA) is 112 Å². The number of amides is 1. The molecule has 2 heterocycles. The molecule has 0 bridgehead atoms. The van der Waals surface area contributed by atoms with Crippen molar-refractivity contribution in [2.45, 2.75) is 23.5 Å². The second kappa shape index (κ2) is 8.24. The minimum Gasteiger partial charge on any atom is -0.321 e. The van der Waals surface area contributed by atoms with Crippen molar-refractivity contribution < 1.29 is 13.2 Å². The van der Waals surface area contributed by atoms with Gasteiger partial charge in [0.1, 0.15) is 11.5 Å². The molecule has 0 atom stereocenters. The third kappa shape index (κ3) is 4.57. The lowest BCUT2D eigenvalue weighted by Crippen LogP contribution is -2.27. The summed E-state index contributed by atoms with van der Waals surface area (Å²) in [5.74, 6) is 0.380. The summed E-state index contributed by atoms with van der Waals surface area (Å²) in [7, 11) is -3.49. The molecule has 0 saturated carbocycles. The second-order valence-electron chi connectivity index (χ2n) is 6.10. The van der Waals surface area contributed by atoms with Gasteiger partial charge in [-0.3, -0.25) is 9.59 Å². The molecule has 1 aliphatic heterocycles. The highest BCUT2D eigenvalue weighted by atomic mass is 32.2. The van der Waals surface area contributed by atoms with Crippen LogP contribution < -0.4 is 10.9 Å². The molecule has 1 fully saturated rings. The van der Waals surface area contributed by atoms with Gasteiger partial charge in [0, 0.05) is 24.8 Å². The summed E-state index contributed by atoms with van der Waals surface area (Å²) in [6.45, 7) is 1.07. The SMILES string of the molecule is CSCc1nc(C(=O)Nc2ccc(S(=O)(=O)N3CCCC3)cc2)cc(=O)[nH]1. The van der Waals surface area contributed by atoms with E-state index in [1.54, 1.807) is 0 Å². The summed E-state index contributed by atoms with van der Waals surface area (Å²) >= 11 is 1.48. The molecule has 144 valence electrons. The van der Waals surface area contributed by atoms with Gasteiger partial charge in [0.05, 0.1) is 10.6 Å². The van der Waals surface area contributed by atoms with Gasteiger partial charge in [-0.1, -0.05) is 0 Å². The molecule has 1 aromatic heterocycles. The molecule has 8 nitrogen and oxygen atoms in total. The fourth-order valence-electron chi connectivity index (χ4n) is 2.81. The van der Waals surface area contributed by atoms with E-state index in [-0.39, 0.29) is 10.6 Å². The summed E-state index contributed by atoms with van der Waals surface area (Å²) in [5, 5.41) is 2.63. The predicted octanol–water partition coefficient (Wildman–Crippen LogP) is 1.67. The largest absolute Gasteiger partial charge is 0.321 e. The molecule has 1 aromatic carbocycles. The van der Waals surface area contributed by atoms with Gasteiger partial charge in [-0.05, 0) is 43.4 Å². The first kappa shape index (κ1) is 19.6. The first-order chi connectivity index (χ1) is 12.9. The van der Waals surface area contributed by atoms with E-state index in [1.807, 2.05) is 6.26 Å². The standard InChI is InChI=1S/C17H20N4O4S2/c1-26-11-15-19-14(10-16(22)20-15)17(23)18-12-4-6-13(7-5-12)27(24,25)21-8-2-3-9-21/h4-7,10H,2-3,8-9,11H2,1H3,(H,18,23)(H,19,20,22). The number of thioether (sulfide) groups is 1. The number of carbonyl (C=O) groups excluding carboxylic acids is 1. The zero-order valence-electron chi connectivity index (χ0n) is 14.8. The molecule has 0 spiro atoms. The molecular weight excluding hydrogens is 388 g/mol. The number of H-pyrrole nitrogens is 1. The van der Waals surface area contributed by atoms with Crippen molar-refractivity contribution in [2.75, 3.05) is 24.7 Å². The average Bonchev–Trinajstić information content (AvgIpc) is 3.17. The van der Waals surface area contributed by atoms with Crippen LogP contribution >= 0.6 is 11.8 Å². The Balaban J connectivity index is 1.75. The van der Waals surface area contributed by atoms with E-state index in [0.29, 0.717) is 30.4 Å². The average molecular weight is 409 g/mol. The van der Waals surface area contributed by atoms with Crippen LogP contribution in [0.15, 0.2) is 40.0 Å². The number of sulfonamides is 1. The molecule has 3 rings (SSSR count). The number of anilines is 1. The maximum Gasteiger partial charge on any atom is 0.274 e. The van der Waals surface area contributed by atoms with Gasteiger partial charge in [0.2, 0.25) is 10.0 Å². The van der Waals surface area contributed by atoms with Crippen molar-refractivity contribution in [3.05, 3.63) is 52.2 Å². The fraction of sp³-hybridized carbons (Fsp3) is 0.353. The van der Waals surface area contributed by atoms with Crippen LogP contribution in [0.5, 0.6) is 0 Å². The zero-order chi connectivity index (χ0) is 19.4. The van der Waals surface area contributed by atoms with Gasteiger partial charge in [-0.15, -0.1) is 0 Å². The summed E-state index contributed by atoms with van der Waals surface area (Å²) in [5.41, 5.74) is 0.0386. The van der Waals surface area contributed by atoms with Crippen molar-refractivity contribution in [1.29, 1.82) is 0 Å². The third-order valence-electron chi connectivity index (χ3n) is 4.12. The number of carbonyl (C=O) groups is 1. The van der Waals surface area contributed by atoms with Crippen molar-refractivity contribution in [3.8, 4) is 0 Å². The van der Waals surface area contributed by atoms with E-state index in [9.17, 15) is 18.0 Å². The molecule has 0 radical (unpaired) electrons. The quantitative estimate of drug-likeness (QED) is 0.752. The summed E-state index contributed by atoms with van der Waals surface area (Å²) in [4.78, 5) is 30.9. The number of rotatable bonds is 6. The van der Waals surface area contributed by atoms with Gasteiger partial charge in [-0.2, -0.15) is 16.1 Å². The third-order valence-corrected chi connectivity index (χ3v) is 6.59. The van der Waals surface area contributed by atoms with E-state index in [1.165, 1.54) is 40.3 Å². The molecule has 1 aliphatic rings. The minimum atomic E-state index is -3.49. The van der Waals surface area contributed by atoms with E-state index in [4.69, 9.17) is 0 Å². The Bertz CT molecular complexity index is 981. The molecule has 27 heavy (non-hydrogen) atoms. The Kier molecular flexibility index (Phi) is 5.98. The van der Waals surface area contributed by atoms with Gasteiger partial charge in [-0.25, -0.2) is 13.4 Å². The van der Waals surface area contributed by atoms with Crippen LogP contribution in [-0.4, -0.2) is 47.9 Å².